The maximum absolute atomic E-state index is 12.8. The molecule has 1 heterocycles. The van der Waals surface area contributed by atoms with E-state index in [1.165, 1.54) is 14.2 Å². The number of anilines is 1. The normalized spacial score (nSPS) is 9.92. The molecule has 12 heavy (non-hydrogen) atoms. The number of nitrogens with zero attached hydrogens (tertiary/aromatic N) is 3. The maximum Gasteiger partial charge on any atom is 0.316 e. The molecule has 5 nitrogen and oxygen atoms in total. The van der Waals surface area contributed by atoms with Crippen molar-refractivity contribution in [3.63, 3.8) is 0 Å². The molecule has 1 rings (SSSR count). The molecule has 6 heteroatoms. The van der Waals surface area contributed by atoms with Gasteiger partial charge < -0.3 is 5.11 Å². The molecular formula is C6H8FN3O2. The first-order valence-electron chi connectivity index (χ1n) is 3.14. The molecule has 1 aromatic rings. The van der Waals surface area contributed by atoms with Gasteiger partial charge >= 0.3 is 6.01 Å². The molecule has 0 radical (unpaired) electrons. The van der Waals surface area contributed by atoms with Gasteiger partial charge in [-0.3, -0.25) is 4.84 Å². The first-order valence-corrected chi connectivity index (χ1v) is 3.14. The lowest BCUT2D eigenvalue weighted by atomic mass is 10.5. The summed E-state index contributed by atoms with van der Waals surface area (Å²) in [4.78, 5) is 11.3. The Balaban J connectivity index is 3.04. The fourth-order valence-electron chi connectivity index (χ4n) is 0.656. The van der Waals surface area contributed by atoms with Gasteiger partial charge in [-0.1, -0.05) is 0 Å². The van der Waals surface area contributed by atoms with Gasteiger partial charge in [-0.25, -0.2) is 14.4 Å². The van der Waals surface area contributed by atoms with Crippen molar-refractivity contribution in [1.29, 1.82) is 0 Å². The van der Waals surface area contributed by atoms with Crippen LogP contribution in [0.4, 0.5) is 10.2 Å². The molecule has 0 atom stereocenters. The van der Waals surface area contributed by atoms with Crippen molar-refractivity contribution in [2.24, 2.45) is 0 Å². The summed E-state index contributed by atoms with van der Waals surface area (Å²) in [7, 11) is 2.82. The van der Waals surface area contributed by atoms with Crippen LogP contribution in [0.1, 0.15) is 0 Å². The van der Waals surface area contributed by atoms with Crippen LogP contribution in [0.15, 0.2) is 6.20 Å². The third-order valence-corrected chi connectivity index (χ3v) is 1.29. The lowest BCUT2D eigenvalue weighted by molar-refractivity contribution is 0.179. The molecule has 0 aliphatic carbocycles. The van der Waals surface area contributed by atoms with Crippen molar-refractivity contribution in [1.82, 2.24) is 9.97 Å². The maximum atomic E-state index is 12.8. The van der Waals surface area contributed by atoms with Gasteiger partial charge in [-0.2, -0.15) is 4.98 Å². The van der Waals surface area contributed by atoms with Gasteiger partial charge in [0.15, 0.2) is 11.6 Å². The fourth-order valence-corrected chi connectivity index (χ4v) is 0.656. The molecule has 0 amide bonds. The van der Waals surface area contributed by atoms with E-state index in [1.54, 1.807) is 0 Å². The van der Waals surface area contributed by atoms with E-state index in [4.69, 9.17) is 5.11 Å². The van der Waals surface area contributed by atoms with Gasteiger partial charge in [0.05, 0.1) is 13.3 Å². The second kappa shape index (κ2) is 3.31. The monoisotopic (exact) mass is 173 g/mol. The van der Waals surface area contributed by atoms with Crippen LogP contribution >= 0.6 is 0 Å². The van der Waals surface area contributed by atoms with E-state index < -0.39 is 11.8 Å². The number of hydrogen-bond donors (Lipinski definition) is 1. The number of halogens is 1. The van der Waals surface area contributed by atoms with Gasteiger partial charge in [0.25, 0.3) is 0 Å². The Morgan fingerprint density at radius 2 is 2.33 bits per heavy atom. The van der Waals surface area contributed by atoms with Crippen LogP contribution in [-0.4, -0.2) is 29.2 Å². The second-order valence-electron chi connectivity index (χ2n) is 2.02. The lowest BCUT2D eigenvalue weighted by Crippen LogP contribution is -2.17. The van der Waals surface area contributed by atoms with Crippen LogP contribution in [0.2, 0.25) is 0 Å². The van der Waals surface area contributed by atoms with Crippen LogP contribution < -0.4 is 5.06 Å². The van der Waals surface area contributed by atoms with Crippen molar-refractivity contribution < 1.29 is 14.3 Å². The summed E-state index contributed by atoms with van der Waals surface area (Å²) in [6.07, 6.45) is 0.868. The number of aromatic nitrogens is 2. The summed E-state index contributed by atoms with van der Waals surface area (Å²) < 4.78 is 12.8. The molecule has 0 bridgehead atoms. The summed E-state index contributed by atoms with van der Waals surface area (Å²) in [6, 6.07) is -0.490. The standard InChI is InChI=1S/C6H8FN3O2/c1-10(12-2)5-4(7)3-8-6(11)9-5/h3H,1-2H3,(H,8,9,11). The zero-order valence-electron chi connectivity index (χ0n) is 6.65. The molecule has 0 saturated heterocycles. The molecule has 0 aliphatic rings. The Kier molecular flexibility index (Phi) is 2.39. The topological polar surface area (TPSA) is 58.5 Å². The van der Waals surface area contributed by atoms with E-state index in [9.17, 15) is 4.39 Å². The molecule has 0 unspecified atom stereocenters. The number of rotatable bonds is 2. The van der Waals surface area contributed by atoms with Gasteiger partial charge in [0.1, 0.15) is 0 Å². The van der Waals surface area contributed by atoms with Gasteiger partial charge in [0, 0.05) is 7.05 Å². The van der Waals surface area contributed by atoms with Gasteiger partial charge in [-0.15, -0.1) is 0 Å². The van der Waals surface area contributed by atoms with E-state index in [-0.39, 0.29) is 5.82 Å². The van der Waals surface area contributed by atoms with Gasteiger partial charge in [-0.05, 0) is 0 Å². The highest BCUT2D eigenvalue weighted by Crippen LogP contribution is 2.15. The number of hydrogen-bond acceptors (Lipinski definition) is 5. The Bertz CT molecular complexity index is 281. The third-order valence-electron chi connectivity index (χ3n) is 1.29. The summed E-state index contributed by atoms with van der Waals surface area (Å²) in [5, 5.41) is 9.89. The van der Waals surface area contributed by atoms with Crippen LogP contribution in [0.5, 0.6) is 6.01 Å². The first-order chi connectivity index (χ1) is 5.65. The fraction of sp³-hybridized carbons (Fsp3) is 0.333. The largest absolute Gasteiger partial charge is 0.479 e. The Hall–Kier alpha value is -1.43. The van der Waals surface area contributed by atoms with Crippen molar-refractivity contribution in [2.45, 2.75) is 0 Å². The SMILES string of the molecule is CON(C)c1nc(O)ncc1F. The highest BCUT2D eigenvalue weighted by atomic mass is 19.1. The molecule has 0 fully saturated rings. The predicted molar refractivity (Wildman–Crippen MR) is 39.1 cm³/mol. The second-order valence-corrected chi connectivity index (χ2v) is 2.02. The number of hydroxylamine groups is 1. The molecule has 1 aromatic heterocycles. The minimum atomic E-state index is -0.655. The predicted octanol–water partition coefficient (Wildman–Crippen LogP) is 0.319. The quantitative estimate of drug-likeness (QED) is 0.652. The van der Waals surface area contributed by atoms with Crippen LogP contribution in [0.25, 0.3) is 0 Å². The molecule has 0 spiro atoms. The Morgan fingerprint density at radius 3 is 2.92 bits per heavy atom. The van der Waals surface area contributed by atoms with Crippen molar-refractivity contribution >= 4 is 5.82 Å². The van der Waals surface area contributed by atoms with Crippen LogP contribution in [-0.2, 0) is 4.84 Å². The zero-order valence-corrected chi connectivity index (χ0v) is 6.65. The lowest BCUT2D eigenvalue weighted by Gasteiger charge is -2.14. The van der Waals surface area contributed by atoms with Crippen molar-refractivity contribution in [2.75, 3.05) is 19.2 Å². The zero-order chi connectivity index (χ0) is 9.14. The first kappa shape index (κ1) is 8.66. The molecule has 1 N–H and O–H groups in total. The highest BCUT2D eigenvalue weighted by molar-refractivity contribution is 5.35. The van der Waals surface area contributed by atoms with Crippen molar-refractivity contribution in [3.8, 4) is 6.01 Å². The minimum absolute atomic E-state index is 0.106. The Morgan fingerprint density at radius 1 is 1.67 bits per heavy atom. The van der Waals surface area contributed by atoms with E-state index in [0.717, 1.165) is 11.3 Å². The molecule has 0 aliphatic heterocycles. The van der Waals surface area contributed by atoms with E-state index >= 15 is 0 Å². The van der Waals surface area contributed by atoms with E-state index in [2.05, 4.69) is 14.8 Å². The molecule has 66 valence electrons. The van der Waals surface area contributed by atoms with E-state index in [0.29, 0.717) is 0 Å². The third kappa shape index (κ3) is 1.59. The van der Waals surface area contributed by atoms with Crippen LogP contribution in [0, 0.1) is 5.82 Å². The molecular weight excluding hydrogens is 165 g/mol. The summed E-state index contributed by atoms with van der Waals surface area (Å²) in [5.41, 5.74) is 0. The summed E-state index contributed by atoms with van der Waals surface area (Å²) in [5.74, 6) is -0.762. The average molecular weight is 173 g/mol. The number of aromatic hydroxyl groups is 1. The smallest absolute Gasteiger partial charge is 0.316 e. The summed E-state index contributed by atoms with van der Waals surface area (Å²) >= 11 is 0. The van der Waals surface area contributed by atoms with E-state index in [1.807, 2.05) is 0 Å². The highest BCUT2D eigenvalue weighted by Gasteiger charge is 2.10. The minimum Gasteiger partial charge on any atom is -0.479 e. The Labute approximate surface area is 68.4 Å². The van der Waals surface area contributed by atoms with Crippen molar-refractivity contribution in [3.05, 3.63) is 12.0 Å². The average Bonchev–Trinajstić information content (AvgIpc) is 2.08. The summed E-state index contributed by atoms with van der Waals surface area (Å²) in [6.45, 7) is 0. The molecule has 0 aromatic carbocycles. The van der Waals surface area contributed by atoms with Crippen LogP contribution in [0.3, 0.4) is 0 Å². The van der Waals surface area contributed by atoms with Gasteiger partial charge in [0.2, 0.25) is 0 Å². The molecule has 0 saturated carbocycles.